The molecule has 3 N–H and O–H groups in total. The lowest BCUT2D eigenvalue weighted by atomic mass is 9.53. The maximum absolute atomic E-state index is 13.3. The van der Waals surface area contributed by atoms with E-state index in [0.29, 0.717) is 6.04 Å². The average Bonchev–Trinajstić information content (AvgIpc) is 3.44. The Labute approximate surface area is 261 Å². The number of likely N-dealkylation sites (tertiary alicyclic amines) is 1. The molecule has 4 aliphatic carbocycles. The lowest BCUT2D eigenvalue weighted by Gasteiger charge is -2.56. The van der Waals surface area contributed by atoms with Gasteiger partial charge in [-0.15, -0.1) is 0 Å². The van der Waals surface area contributed by atoms with Crippen LogP contribution < -0.4 is 10.6 Å². The van der Waals surface area contributed by atoms with Crippen molar-refractivity contribution in [2.75, 3.05) is 32.1 Å². The van der Waals surface area contributed by atoms with E-state index in [9.17, 15) is 9.90 Å². The van der Waals surface area contributed by atoms with Crippen LogP contribution in [0.5, 0.6) is 0 Å². The minimum atomic E-state index is -0.574. The number of urea groups is 1. The second-order valence-corrected chi connectivity index (χ2v) is 14.5. The fourth-order valence-electron chi connectivity index (χ4n) is 9.51. The molecule has 0 spiro atoms. The quantitative estimate of drug-likeness (QED) is 0.318. The summed E-state index contributed by atoms with van der Waals surface area (Å²) in [7, 11) is 1.77. The van der Waals surface area contributed by atoms with E-state index in [1.807, 2.05) is 36.4 Å². The lowest BCUT2D eigenvalue weighted by molar-refractivity contribution is -0.276. The van der Waals surface area contributed by atoms with Crippen molar-refractivity contribution in [1.82, 2.24) is 10.2 Å². The predicted octanol–water partition coefficient (Wildman–Crippen LogP) is 6.17. The second kappa shape index (κ2) is 12.7. The predicted molar refractivity (Wildman–Crippen MR) is 169 cm³/mol. The van der Waals surface area contributed by atoms with Crippen LogP contribution in [0.15, 0.2) is 48.5 Å². The second-order valence-electron chi connectivity index (χ2n) is 14.5. The molecule has 4 bridgehead atoms. The highest BCUT2D eigenvalue weighted by molar-refractivity contribution is 5.89. The number of carbonyl (C=O) groups excluding carboxylic acids is 1. The van der Waals surface area contributed by atoms with Gasteiger partial charge in [0.2, 0.25) is 0 Å². The van der Waals surface area contributed by atoms with E-state index in [1.165, 1.54) is 25.7 Å². The highest BCUT2D eigenvalue weighted by atomic mass is 16.7. The smallest absolute Gasteiger partial charge is 0.319 e. The summed E-state index contributed by atoms with van der Waals surface area (Å²) >= 11 is 0. The van der Waals surface area contributed by atoms with E-state index >= 15 is 0 Å². The van der Waals surface area contributed by atoms with Crippen LogP contribution in [0, 0.1) is 23.7 Å². The Morgan fingerprint density at radius 3 is 2.43 bits per heavy atom. The number of nitrogens with zero attached hydrogens (tertiary/aromatic N) is 1. The number of ether oxygens (including phenoxy) is 3. The Balaban J connectivity index is 1.08. The van der Waals surface area contributed by atoms with E-state index in [0.717, 1.165) is 85.5 Å². The summed E-state index contributed by atoms with van der Waals surface area (Å²) < 4.78 is 19.0. The molecule has 2 amide bonds. The Morgan fingerprint density at radius 1 is 1.02 bits per heavy atom. The Morgan fingerprint density at radius 2 is 1.75 bits per heavy atom. The molecule has 0 radical (unpaired) electrons. The molecule has 2 aromatic rings. The zero-order chi connectivity index (χ0) is 30.3. The molecule has 6 aliphatic rings. The summed E-state index contributed by atoms with van der Waals surface area (Å²) in [6, 6.07) is 16.3. The van der Waals surface area contributed by atoms with E-state index in [-0.39, 0.29) is 36.3 Å². The number of rotatable bonds is 9. The fraction of sp³-hybridized carbons (Fsp3) is 0.639. The Bertz CT molecular complexity index is 1270. The van der Waals surface area contributed by atoms with Gasteiger partial charge < -0.3 is 30.0 Å². The zero-order valence-corrected chi connectivity index (χ0v) is 26.3. The molecule has 238 valence electrons. The van der Waals surface area contributed by atoms with E-state index in [4.69, 9.17) is 14.2 Å². The first-order chi connectivity index (χ1) is 21.4. The monoisotopic (exact) mass is 603 g/mol. The first kappa shape index (κ1) is 30.2. The van der Waals surface area contributed by atoms with Crippen LogP contribution in [-0.2, 0) is 20.8 Å². The number of carbonyl (C=O) groups is 1. The highest BCUT2D eigenvalue weighted by Crippen LogP contribution is 2.55. The number of hydrogen-bond acceptors (Lipinski definition) is 6. The molecule has 0 unspecified atom stereocenters. The van der Waals surface area contributed by atoms with Crippen molar-refractivity contribution >= 4 is 11.7 Å². The lowest BCUT2D eigenvalue weighted by Crippen LogP contribution is -2.60. The molecule has 4 saturated carbocycles. The van der Waals surface area contributed by atoms with Gasteiger partial charge in [0, 0.05) is 42.4 Å². The number of benzene rings is 2. The number of hydrogen-bond donors (Lipinski definition) is 3. The van der Waals surface area contributed by atoms with Gasteiger partial charge in [0.1, 0.15) is 0 Å². The molecular formula is C36H49N3O5. The average molecular weight is 604 g/mol. The maximum atomic E-state index is 13.3. The number of nitrogens with one attached hydrogen (secondary N) is 2. The third kappa shape index (κ3) is 6.29. The van der Waals surface area contributed by atoms with E-state index < -0.39 is 6.29 Å². The van der Waals surface area contributed by atoms with Gasteiger partial charge in [-0.3, -0.25) is 4.90 Å². The van der Waals surface area contributed by atoms with Gasteiger partial charge >= 0.3 is 6.03 Å². The molecule has 2 saturated heterocycles. The van der Waals surface area contributed by atoms with Gasteiger partial charge in [0.05, 0.1) is 25.4 Å². The number of aliphatic hydroxyl groups excluding tert-OH is 1. The number of amides is 2. The molecule has 2 heterocycles. The molecule has 2 aliphatic heterocycles. The molecule has 5 atom stereocenters. The summed E-state index contributed by atoms with van der Waals surface area (Å²) in [6.45, 7) is 4.81. The molecule has 8 rings (SSSR count). The van der Waals surface area contributed by atoms with E-state index in [2.05, 4.69) is 34.6 Å². The van der Waals surface area contributed by atoms with Gasteiger partial charge in [0.25, 0.3) is 0 Å². The first-order valence-electron chi connectivity index (χ1n) is 16.8. The van der Waals surface area contributed by atoms with Crippen LogP contribution in [0.3, 0.4) is 0 Å². The summed E-state index contributed by atoms with van der Waals surface area (Å²) in [5, 5.41) is 16.2. The summed E-state index contributed by atoms with van der Waals surface area (Å²) in [5.41, 5.74) is 3.56. The molecule has 6 fully saturated rings. The summed E-state index contributed by atoms with van der Waals surface area (Å²) in [5.74, 6) is 2.44. The van der Waals surface area contributed by atoms with Crippen molar-refractivity contribution in [3.63, 3.8) is 0 Å². The van der Waals surface area contributed by atoms with Gasteiger partial charge in [-0.2, -0.15) is 0 Å². The minimum Gasteiger partial charge on any atom is -0.392 e. The highest BCUT2D eigenvalue weighted by Gasteiger charge is 2.51. The van der Waals surface area contributed by atoms with Crippen LogP contribution in [0.25, 0.3) is 0 Å². The van der Waals surface area contributed by atoms with Crippen molar-refractivity contribution in [3.05, 3.63) is 65.2 Å². The molecule has 8 nitrogen and oxygen atoms in total. The van der Waals surface area contributed by atoms with Gasteiger partial charge in [-0.05, 0) is 98.9 Å². The molecule has 2 aromatic carbocycles. The molecule has 0 aromatic heterocycles. The SMILES string of the molecule is COC[C@@H]1CCCN1C[C@H]1O[C@@H](c2cccc(NC(=O)NC34CC5CC(CC(C5)C3)C4)c2)O[C@@H](c2ccc(CO)cc2)[C@H]1C. The van der Waals surface area contributed by atoms with Gasteiger partial charge in [-0.25, -0.2) is 4.79 Å². The van der Waals surface area contributed by atoms with Crippen molar-refractivity contribution in [2.45, 2.75) is 95.0 Å². The minimum absolute atomic E-state index is 0.0157. The number of methoxy groups -OCH3 is 1. The third-order valence-corrected chi connectivity index (χ3v) is 11.2. The zero-order valence-electron chi connectivity index (χ0n) is 26.3. The standard InChI is InChI=1S/C36H49N3O5/c1-23-32(20-39-12-4-7-31(39)22-42-2)43-34(44-33(23)28-10-8-24(21-40)9-11-28)29-5-3-6-30(16-29)37-35(41)38-36-17-25-13-26(18-36)15-27(14-25)19-36/h3,5-6,8-11,16,23,25-27,31-34,40H,4,7,12-15,17-22H2,1-2H3,(H2,37,38,41)/t23-,25?,26?,27?,31-,32+,33+,34+,36?/m0/s1. The molecule has 44 heavy (non-hydrogen) atoms. The maximum Gasteiger partial charge on any atom is 0.319 e. The van der Waals surface area contributed by atoms with Crippen molar-refractivity contribution in [1.29, 1.82) is 0 Å². The summed E-state index contributed by atoms with van der Waals surface area (Å²) in [6.07, 6.45) is 8.93. The van der Waals surface area contributed by atoms with Crippen molar-refractivity contribution in [3.8, 4) is 0 Å². The third-order valence-electron chi connectivity index (χ3n) is 11.2. The molecular weight excluding hydrogens is 554 g/mol. The fourth-order valence-corrected chi connectivity index (χ4v) is 9.51. The van der Waals surface area contributed by atoms with Crippen LogP contribution in [0.2, 0.25) is 0 Å². The van der Waals surface area contributed by atoms with Crippen LogP contribution in [0.4, 0.5) is 10.5 Å². The van der Waals surface area contributed by atoms with Crippen LogP contribution in [0.1, 0.15) is 87.4 Å². The topological polar surface area (TPSA) is 92.3 Å². The Hall–Kier alpha value is -2.49. The first-order valence-corrected chi connectivity index (χ1v) is 16.8. The normalized spacial score (nSPS) is 36.4. The van der Waals surface area contributed by atoms with Crippen LogP contribution >= 0.6 is 0 Å². The number of anilines is 1. The van der Waals surface area contributed by atoms with Crippen molar-refractivity contribution in [2.24, 2.45) is 23.7 Å². The van der Waals surface area contributed by atoms with Gasteiger partial charge in [0.15, 0.2) is 6.29 Å². The van der Waals surface area contributed by atoms with Crippen molar-refractivity contribution < 1.29 is 24.1 Å². The van der Waals surface area contributed by atoms with Gasteiger partial charge in [-0.1, -0.05) is 43.3 Å². The summed E-state index contributed by atoms with van der Waals surface area (Å²) in [4.78, 5) is 15.8. The largest absolute Gasteiger partial charge is 0.392 e. The number of aliphatic hydroxyl groups is 1. The van der Waals surface area contributed by atoms with E-state index in [1.54, 1.807) is 7.11 Å². The van der Waals surface area contributed by atoms with Crippen LogP contribution in [-0.4, -0.2) is 60.5 Å². The molecule has 8 heteroatoms. The Kier molecular flexibility index (Phi) is 8.72.